The number of halogens is 1. The van der Waals surface area contributed by atoms with Crippen LogP contribution in [-0.4, -0.2) is 48.0 Å². The van der Waals surface area contributed by atoms with Crippen molar-refractivity contribution < 1.29 is 4.79 Å². The lowest BCUT2D eigenvalue weighted by atomic mass is 10.4. The molecule has 0 bridgehead atoms. The van der Waals surface area contributed by atoms with Gasteiger partial charge in [-0.2, -0.15) is 0 Å². The molecule has 0 aliphatic heterocycles. The number of nitrogens with one attached hydrogen (secondary N) is 2. The number of carbonyl (C=O) groups excluding carboxylic acids is 1. The van der Waals surface area contributed by atoms with Gasteiger partial charge in [-0.15, -0.1) is 0 Å². The van der Waals surface area contributed by atoms with Gasteiger partial charge in [0.15, 0.2) is 5.96 Å². The predicted molar refractivity (Wildman–Crippen MR) is 84.4 cm³/mol. The van der Waals surface area contributed by atoms with Crippen LogP contribution >= 0.6 is 11.6 Å². The first-order chi connectivity index (χ1) is 9.99. The first-order valence-electron chi connectivity index (χ1n) is 7.01. The standard InChI is InChI=1S/C14H22ClN5O/c1-16-14(17-7-13(21)18-11-4-5-11)20(3)9-12-6-10(15)8-19(12)2/h6,8,11H,4-5,7,9H2,1-3H3,(H,16,17)(H,18,21). The lowest BCUT2D eigenvalue weighted by molar-refractivity contribution is -0.120. The minimum atomic E-state index is 0.00830. The van der Waals surface area contributed by atoms with Crippen LogP contribution < -0.4 is 10.6 Å². The molecule has 0 unspecified atom stereocenters. The first kappa shape index (κ1) is 15.7. The van der Waals surface area contributed by atoms with Crippen LogP contribution in [0.5, 0.6) is 0 Å². The second kappa shape index (κ2) is 6.85. The fourth-order valence-corrected chi connectivity index (χ4v) is 2.36. The minimum Gasteiger partial charge on any atom is -0.352 e. The summed E-state index contributed by atoms with van der Waals surface area (Å²) in [6.45, 7) is 0.897. The quantitative estimate of drug-likeness (QED) is 0.629. The molecule has 0 aromatic carbocycles. The Morgan fingerprint density at radius 1 is 1.57 bits per heavy atom. The molecule has 0 atom stereocenters. The summed E-state index contributed by atoms with van der Waals surface area (Å²) in [5.41, 5.74) is 1.08. The van der Waals surface area contributed by atoms with Gasteiger partial charge >= 0.3 is 0 Å². The Kier molecular flexibility index (Phi) is 5.12. The van der Waals surface area contributed by atoms with E-state index in [-0.39, 0.29) is 12.5 Å². The molecule has 7 heteroatoms. The van der Waals surface area contributed by atoms with Crippen LogP contribution in [0, 0.1) is 0 Å². The van der Waals surface area contributed by atoms with Gasteiger partial charge < -0.3 is 20.1 Å². The molecule has 1 aromatic heterocycles. The molecule has 2 rings (SSSR count). The molecule has 0 radical (unpaired) electrons. The number of nitrogens with zero attached hydrogens (tertiary/aromatic N) is 3. The number of aliphatic imine (C=N–C) groups is 1. The number of hydrogen-bond donors (Lipinski definition) is 2. The number of carbonyl (C=O) groups is 1. The Balaban J connectivity index is 1.84. The van der Waals surface area contributed by atoms with E-state index in [1.165, 1.54) is 0 Å². The maximum Gasteiger partial charge on any atom is 0.239 e. The molecule has 1 aromatic rings. The zero-order valence-corrected chi connectivity index (χ0v) is 13.4. The van der Waals surface area contributed by atoms with E-state index >= 15 is 0 Å². The predicted octanol–water partition coefficient (Wildman–Crippen LogP) is 0.964. The van der Waals surface area contributed by atoms with E-state index in [4.69, 9.17) is 11.6 Å². The molecular formula is C14H22ClN5O. The van der Waals surface area contributed by atoms with E-state index in [2.05, 4.69) is 15.6 Å². The van der Waals surface area contributed by atoms with Crippen molar-refractivity contribution >= 4 is 23.5 Å². The Morgan fingerprint density at radius 3 is 2.81 bits per heavy atom. The summed E-state index contributed by atoms with van der Waals surface area (Å²) in [5.74, 6) is 0.687. The van der Waals surface area contributed by atoms with Crippen molar-refractivity contribution in [2.75, 3.05) is 20.6 Å². The highest BCUT2D eigenvalue weighted by Gasteiger charge is 2.23. The summed E-state index contributed by atoms with van der Waals surface area (Å²) < 4.78 is 1.98. The fourth-order valence-electron chi connectivity index (χ4n) is 2.09. The van der Waals surface area contributed by atoms with E-state index in [0.717, 1.165) is 18.5 Å². The van der Waals surface area contributed by atoms with Crippen LogP contribution in [-0.2, 0) is 18.4 Å². The molecule has 6 nitrogen and oxygen atoms in total. The number of hydrogen-bond acceptors (Lipinski definition) is 2. The third-order valence-corrected chi connectivity index (χ3v) is 3.60. The SMILES string of the molecule is CN=C(NCC(=O)NC1CC1)N(C)Cc1cc(Cl)cn1C. The molecule has 21 heavy (non-hydrogen) atoms. The first-order valence-corrected chi connectivity index (χ1v) is 7.39. The van der Waals surface area contributed by atoms with Gasteiger partial charge in [0, 0.05) is 39.1 Å². The molecule has 1 heterocycles. The maximum absolute atomic E-state index is 11.7. The highest BCUT2D eigenvalue weighted by atomic mass is 35.5. The molecule has 1 aliphatic rings. The van der Waals surface area contributed by atoms with Gasteiger partial charge in [-0.3, -0.25) is 9.79 Å². The van der Waals surface area contributed by atoms with Crippen molar-refractivity contribution in [2.45, 2.75) is 25.4 Å². The molecule has 1 aliphatic carbocycles. The molecule has 2 N–H and O–H groups in total. The zero-order valence-electron chi connectivity index (χ0n) is 12.7. The molecular weight excluding hydrogens is 290 g/mol. The second-order valence-corrected chi connectivity index (χ2v) is 5.80. The lowest BCUT2D eigenvalue weighted by Crippen LogP contribution is -2.44. The number of rotatable bonds is 5. The Labute approximate surface area is 130 Å². The number of aromatic nitrogens is 1. The normalized spacial score (nSPS) is 15.0. The lowest BCUT2D eigenvalue weighted by Gasteiger charge is -2.22. The summed E-state index contributed by atoms with van der Waals surface area (Å²) in [5, 5.41) is 6.72. The van der Waals surface area contributed by atoms with Crippen molar-refractivity contribution in [3.63, 3.8) is 0 Å². The largest absolute Gasteiger partial charge is 0.352 e. The van der Waals surface area contributed by atoms with Crippen LogP contribution in [0.2, 0.25) is 5.02 Å². The Morgan fingerprint density at radius 2 is 2.29 bits per heavy atom. The molecule has 0 spiro atoms. The van der Waals surface area contributed by atoms with Gasteiger partial charge in [-0.1, -0.05) is 11.6 Å². The summed E-state index contributed by atoms with van der Waals surface area (Å²) in [6.07, 6.45) is 4.05. The summed E-state index contributed by atoms with van der Waals surface area (Å²) in [7, 11) is 5.58. The molecule has 0 saturated heterocycles. The summed E-state index contributed by atoms with van der Waals surface area (Å²) in [6, 6.07) is 2.30. The van der Waals surface area contributed by atoms with E-state index in [1.54, 1.807) is 7.05 Å². The number of aryl methyl sites for hydroxylation is 1. The smallest absolute Gasteiger partial charge is 0.239 e. The fraction of sp³-hybridized carbons (Fsp3) is 0.571. The van der Waals surface area contributed by atoms with Crippen molar-refractivity contribution in [3.05, 3.63) is 23.0 Å². The van der Waals surface area contributed by atoms with Gasteiger partial charge in [-0.05, 0) is 18.9 Å². The molecule has 1 amide bonds. The van der Waals surface area contributed by atoms with E-state index in [9.17, 15) is 4.79 Å². The van der Waals surface area contributed by atoms with Gasteiger partial charge in [-0.25, -0.2) is 0 Å². The van der Waals surface area contributed by atoms with Crippen LogP contribution in [0.25, 0.3) is 0 Å². The monoisotopic (exact) mass is 311 g/mol. The maximum atomic E-state index is 11.7. The topological polar surface area (TPSA) is 61.7 Å². The highest BCUT2D eigenvalue weighted by molar-refractivity contribution is 6.30. The highest BCUT2D eigenvalue weighted by Crippen LogP contribution is 2.18. The number of guanidine groups is 1. The van der Waals surface area contributed by atoms with Crippen molar-refractivity contribution in [2.24, 2.45) is 12.0 Å². The van der Waals surface area contributed by atoms with Crippen molar-refractivity contribution in [1.29, 1.82) is 0 Å². The summed E-state index contributed by atoms with van der Waals surface area (Å²) >= 11 is 5.98. The van der Waals surface area contributed by atoms with Crippen molar-refractivity contribution in [1.82, 2.24) is 20.1 Å². The summed E-state index contributed by atoms with van der Waals surface area (Å²) in [4.78, 5) is 17.8. The van der Waals surface area contributed by atoms with Gasteiger partial charge in [0.1, 0.15) is 0 Å². The van der Waals surface area contributed by atoms with Gasteiger partial charge in [0.2, 0.25) is 5.91 Å². The van der Waals surface area contributed by atoms with E-state index < -0.39 is 0 Å². The molecule has 1 fully saturated rings. The number of amides is 1. The Bertz CT molecular complexity index is 535. The Hall–Kier alpha value is -1.69. The van der Waals surface area contributed by atoms with Gasteiger partial charge in [0.25, 0.3) is 0 Å². The van der Waals surface area contributed by atoms with Crippen LogP contribution in [0.4, 0.5) is 0 Å². The van der Waals surface area contributed by atoms with Crippen LogP contribution in [0.15, 0.2) is 17.3 Å². The van der Waals surface area contributed by atoms with Crippen LogP contribution in [0.3, 0.4) is 0 Å². The minimum absolute atomic E-state index is 0.00830. The zero-order chi connectivity index (χ0) is 15.4. The van der Waals surface area contributed by atoms with Crippen molar-refractivity contribution in [3.8, 4) is 0 Å². The van der Waals surface area contributed by atoms with E-state index in [1.807, 2.05) is 35.8 Å². The van der Waals surface area contributed by atoms with Gasteiger partial charge in [0.05, 0.1) is 18.1 Å². The molecule has 1 saturated carbocycles. The molecule has 116 valence electrons. The third-order valence-electron chi connectivity index (χ3n) is 3.40. The van der Waals surface area contributed by atoms with E-state index in [0.29, 0.717) is 23.6 Å². The second-order valence-electron chi connectivity index (χ2n) is 5.36. The average Bonchev–Trinajstić information content (AvgIpc) is 3.16. The average molecular weight is 312 g/mol. The third kappa shape index (κ3) is 4.67. The van der Waals surface area contributed by atoms with Crippen LogP contribution in [0.1, 0.15) is 18.5 Å².